The summed E-state index contributed by atoms with van der Waals surface area (Å²) in [6, 6.07) is 8.42. The number of nitriles is 1. The number of hydrogen-bond donors (Lipinski definition) is 0. The Bertz CT molecular complexity index is 1170. The number of anilines is 1. The molecule has 190 valence electrons. The number of halogens is 3. The topological polar surface area (TPSA) is 80.5 Å². The van der Waals surface area contributed by atoms with E-state index in [4.69, 9.17) is 5.26 Å². The van der Waals surface area contributed by atoms with Gasteiger partial charge in [0.15, 0.2) is 0 Å². The summed E-state index contributed by atoms with van der Waals surface area (Å²) in [6.07, 6.45) is 0.619. The Morgan fingerprint density at radius 3 is 2.53 bits per heavy atom. The van der Waals surface area contributed by atoms with Gasteiger partial charge in [0.1, 0.15) is 6.04 Å². The lowest BCUT2D eigenvalue weighted by Gasteiger charge is -2.40. The van der Waals surface area contributed by atoms with Crippen molar-refractivity contribution >= 4 is 17.5 Å². The molecule has 1 spiro atoms. The van der Waals surface area contributed by atoms with Crippen molar-refractivity contribution in [1.29, 1.82) is 5.26 Å². The maximum Gasteiger partial charge on any atom is 0.417 e. The molecule has 10 heteroatoms. The highest BCUT2D eigenvalue weighted by Gasteiger charge is 2.50. The van der Waals surface area contributed by atoms with Crippen LogP contribution in [0.3, 0.4) is 0 Å². The van der Waals surface area contributed by atoms with Crippen LogP contribution in [0.4, 0.5) is 18.9 Å². The van der Waals surface area contributed by atoms with Crippen molar-refractivity contribution in [2.45, 2.75) is 37.9 Å². The van der Waals surface area contributed by atoms with Crippen molar-refractivity contribution < 1.29 is 22.8 Å². The minimum absolute atomic E-state index is 0.129. The molecule has 1 aromatic carbocycles. The predicted molar refractivity (Wildman–Crippen MR) is 127 cm³/mol. The van der Waals surface area contributed by atoms with E-state index < -0.39 is 23.3 Å². The second kappa shape index (κ2) is 9.80. The molecular weight excluding hydrogens is 471 g/mol. The fourth-order valence-corrected chi connectivity index (χ4v) is 5.28. The smallest absolute Gasteiger partial charge is 0.371 e. The first-order chi connectivity index (χ1) is 17.0. The van der Waals surface area contributed by atoms with Gasteiger partial charge in [0.25, 0.3) is 0 Å². The average molecular weight is 500 g/mol. The molecule has 1 aromatic heterocycles. The van der Waals surface area contributed by atoms with Gasteiger partial charge in [-0.2, -0.15) is 18.4 Å². The molecule has 2 aliphatic heterocycles. The number of nitrogens with zero attached hydrogens (tertiary/aromatic N) is 5. The number of hydrogen-bond acceptors (Lipinski definition) is 5. The highest BCUT2D eigenvalue weighted by atomic mass is 19.4. The van der Waals surface area contributed by atoms with E-state index in [9.17, 15) is 22.8 Å². The van der Waals surface area contributed by atoms with Crippen LogP contribution in [-0.4, -0.2) is 66.4 Å². The zero-order chi connectivity index (χ0) is 26.1. The van der Waals surface area contributed by atoms with Gasteiger partial charge in [-0.15, -0.1) is 0 Å². The standard InChI is InChI=1S/C26H28F3N5O2/c1-32(2)24(36)22-14-25(17-34(22)23(35)12-18-4-3-9-31-16-18)7-10-33(11-8-25)20-6-5-19(15-30)21(13-20)26(27,28)29/h3-6,9,13,16,22H,7-8,10-12,14,17H2,1-2H3. The lowest BCUT2D eigenvalue weighted by atomic mass is 9.76. The summed E-state index contributed by atoms with van der Waals surface area (Å²) in [6.45, 7) is 1.43. The van der Waals surface area contributed by atoms with Crippen LogP contribution in [0.1, 0.15) is 36.0 Å². The van der Waals surface area contributed by atoms with E-state index in [1.807, 2.05) is 11.0 Å². The fourth-order valence-electron chi connectivity index (χ4n) is 5.28. The zero-order valence-corrected chi connectivity index (χ0v) is 20.3. The number of carbonyl (C=O) groups is 2. The van der Waals surface area contributed by atoms with Crippen LogP contribution < -0.4 is 4.90 Å². The number of pyridine rings is 1. The molecule has 2 fully saturated rings. The molecule has 7 nitrogen and oxygen atoms in total. The van der Waals surface area contributed by atoms with Crippen LogP contribution in [0, 0.1) is 16.7 Å². The quantitative estimate of drug-likeness (QED) is 0.644. The highest BCUT2D eigenvalue weighted by molar-refractivity contribution is 5.89. The third-order valence-corrected chi connectivity index (χ3v) is 7.25. The second-order valence-electron chi connectivity index (χ2n) is 9.84. The molecule has 0 saturated carbocycles. The second-order valence-corrected chi connectivity index (χ2v) is 9.84. The molecule has 2 aromatic rings. The minimum Gasteiger partial charge on any atom is -0.371 e. The molecule has 0 bridgehead atoms. The maximum atomic E-state index is 13.4. The van der Waals surface area contributed by atoms with Crippen molar-refractivity contribution in [2.75, 3.05) is 38.6 Å². The summed E-state index contributed by atoms with van der Waals surface area (Å²) in [7, 11) is 3.34. The number of rotatable bonds is 4. The number of benzene rings is 1. The molecule has 2 aliphatic rings. The van der Waals surface area contributed by atoms with Crippen molar-refractivity contribution in [3.8, 4) is 6.07 Å². The van der Waals surface area contributed by atoms with E-state index >= 15 is 0 Å². The van der Waals surface area contributed by atoms with Crippen LogP contribution in [-0.2, 0) is 22.2 Å². The van der Waals surface area contributed by atoms with Gasteiger partial charge < -0.3 is 14.7 Å². The SMILES string of the molecule is CN(C)C(=O)C1CC2(CCN(c3ccc(C#N)c(C(F)(F)F)c3)CC2)CN1C(=O)Cc1cccnc1. The monoisotopic (exact) mass is 499 g/mol. The van der Waals surface area contributed by atoms with Crippen molar-refractivity contribution in [3.05, 3.63) is 59.4 Å². The molecular formula is C26H28F3N5O2. The summed E-state index contributed by atoms with van der Waals surface area (Å²) >= 11 is 0. The van der Waals surface area contributed by atoms with Gasteiger partial charge in [-0.05, 0) is 54.5 Å². The maximum absolute atomic E-state index is 13.4. The van der Waals surface area contributed by atoms with E-state index in [-0.39, 0.29) is 23.7 Å². The molecule has 36 heavy (non-hydrogen) atoms. The summed E-state index contributed by atoms with van der Waals surface area (Å²) in [4.78, 5) is 35.3. The van der Waals surface area contributed by atoms with Crippen LogP contribution >= 0.6 is 0 Å². The average Bonchev–Trinajstić information content (AvgIpc) is 3.22. The van der Waals surface area contributed by atoms with E-state index in [0.29, 0.717) is 44.6 Å². The van der Waals surface area contributed by atoms with Gasteiger partial charge >= 0.3 is 6.18 Å². The fraction of sp³-hybridized carbons (Fsp3) is 0.462. The Morgan fingerprint density at radius 2 is 1.94 bits per heavy atom. The first kappa shape index (κ1) is 25.5. The zero-order valence-electron chi connectivity index (χ0n) is 20.3. The van der Waals surface area contributed by atoms with Crippen molar-refractivity contribution in [3.63, 3.8) is 0 Å². The first-order valence-corrected chi connectivity index (χ1v) is 11.8. The molecule has 4 rings (SSSR count). The van der Waals surface area contributed by atoms with Gasteiger partial charge in [0, 0.05) is 51.8 Å². The Hall–Kier alpha value is -3.61. The number of amides is 2. The summed E-state index contributed by atoms with van der Waals surface area (Å²) < 4.78 is 40.3. The van der Waals surface area contributed by atoms with E-state index in [2.05, 4.69) is 4.98 Å². The Labute approximate surface area is 208 Å². The minimum atomic E-state index is -4.61. The normalized spacial score (nSPS) is 19.3. The van der Waals surface area contributed by atoms with Gasteiger partial charge in [-0.3, -0.25) is 14.6 Å². The molecule has 2 amide bonds. The van der Waals surface area contributed by atoms with Gasteiger partial charge in [0.05, 0.1) is 23.6 Å². The number of likely N-dealkylation sites (tertiary alicyclic amines) is 1. The van der Waals surface area contributed by atoms with E-state index in [1.54, 1.807) is 49.6 Å². The Balaban J connectivity index is 1.51. The number of piperidine rings is 1. The lowest BCUT2D eigenvalue weighted by Crippen LogP contribution is -2.46. The molecule has 3 heterocycles. The van der Waals surface area contributed by atoms with Crippen LogP contribution in [0.15, 0.2) is 42.7 Å². The number of aromatic nitrogens is 1. The number of likely N-dealkylation sites (N-methyl/N-ethyl adjacent to an activating group) is 1. The summed E-state index contributed by atoms with van der Waals surface area (Å²) in [5, 5.41) is 9.06. The summed E-state index contributed by atoms with van der Waals surface area (Å²) in [5.74, 6) is -0.264. The molecule has 0 radical (unpaired) electrons. The van der Waals surface area contributed by atoms with Crippen LogP contribution in [0.25, 0.3) is 0 Å². The predicted octanol–water partition coefficient (Wildman–Crippen LogP) is 3.49. The van der Waals surface area contributed by atoms with Crippen molar-refractivity contribution in [1.82, 2.24) is 14.8 Å². The molecule has 1 atom stereocenters. The molecule has 0 N–H and O–H groups in total. The first-order valence-electron chi connectivity index (χ1n) is 11.8. The molecule has 0 aliphatic carbocycles. The van der Waals surface area contributed by atoms with E-state index in [1.165, 1.54) is 11.0 Å². The van der Waals surface area contributed by atoms with Gasteiger partial charge in [-0.25, -0.2) is 0 Å². The number of carbonyl (C=O) groups excluding carboxylic acids is 2. The van der Waals surface area contributed by atoms with Crippen LogP contribution in [0.5, 0.6) is 0 Å². The van der Waals surface area contributed by atoms with Crippen LogP contribution in [0.2, 0.25) is 0 Å². The highest BCUT2D eigenvalue weighted by Crippen LogP contribution is 2.45. The molecule has 2 saturated heterocycles. The molecule has 1 unspecified atom stereocenters. The Morgan fingerprint density at radius 1 is 1.22 bits per heavy atom. The third kappa shape index (κ3) is 5.15. The Kier molecular flexibility index (Phi) is 6.94. The summed E-state index contributed by atoms with van der Waals surface area (Å²) in [5.41, 5.74) is -0.428. The van der Waals surface area contributed by atoms with Crippen molar-refractivity contribution in [2.24, 2.45) is 5.41 Å². The van der Waals surface area contributed by atoms with Gasteiger partial charge in [-0.1, -0.05) is 6.07 Å². The largest absolute Gasteiger partial charge is 0.417 e. The number of alkyl halides is 3. The lowest BCUT2D eigenvalue weighted by molar-refractivity contribution is -0.141. The third-order valence-electron chi connectivity index (χ3n) is 7.25. The van der Waals surface area contributed by atoms with E-state index in [0.717, 1.165) is 11.6 Å². The van der Waals surface area contributed by atoms with Gasteiger partial charge in [0.2, 0.25) is 11.8 Å².